The van der Waals surface area contributed by atoms with Gasteiger partial charge in [-0.1, -0.05) is 13.8 Å². The standard InChI is InChI=1S/C22H24F3N5O3S/c1-14-9-15(2)12-29(11-14)34(32,33)18-6-3-16(4-7-18)21(31)26-10-20-28-27-19-8-5-17(13-30(19)20)22(23,24)25/h3-8,13-15H,9-12H2,1-2H3,(H,26,31)/t14-,15-/m1/s1. The summed E-state index contributed by atoms with van der Waals surface area (Å²) in [7, 11) is -3.67. The van der Waals surface area contributed by atoms with E-state index in [1.807, 2.05) is 13.8 Å². The van der Waals surface area contributed by atoms with Crippen molar-refractivity contribution >= 4 is 21.6 Å². The highest BCUT2D eigenvalue weighted by Crippen LogP contribution is 2.29. The Morgan fingerprint density at radius 2 is 1.71 bits per heavy atom. The molecule has 182 valence electrons. The van der Waals surface area contributed by atoms with E-state index in [-0.39, 0.29) is 40.3 Å². The first-order valence-corrected chi connectivity index (χ1v) is 12.2. The van der Waals surface area contributed by atoms with Gasteiger partial charge in [0, 0.05) is 24.8 Å². The number of rotatable bonds is 5. The highest BCUT2D eigenvalue weighted by Gasteiger charge is 2.32. The lowest BCUT2D eigenvalue weighted by atomic mass is 9.94. The number of aromatic nitrogens is 3. The molecule has 2 aromatic heterocycles. The fraction of sp³-hybridized carbons (Fsp3) is 0.409. The minimum Gasteiger partial charge on any atom is -0.345 e. The number of hydrogen-bond acceptors (Lipinski definition) is 5. The largest absolute Gasteiger partial charge is 0.417 e. The van der Waals surface area contributed by atoms with E-state index in [4.69, 9.17) is 0 Å². The number of halogens is 3. The lowest BCUT2D eigenvalue weighted by molar-refractivity contribution is -0.137. The molecule has 2 atom stereocenters. The van der Waals surface area contributed by atoms with Crippen molar-refractivity contribution in [3.8, 4) is 0 Å². The van der Waals surface area contributed by atoms with Gasteiger partial charge in [0.25, 0.3) is 5.91 Å². The number of hydrogen-bond donors (Lipinski definition) is 1. The number of sulfonamides is 1. The van der Waals surface area contributed by atoms with Crippen LogP contribution in [0.1, 0.15) is 42.0 Å². The Morgan fingerprint density at radius 1 is 1.06 bits per heavy atom. The van der Waals surface area contributed by atoms with Gasteiger partial charge in [-0.2, -0.15) is 17.5 Å². The molecule has 1 aliphatic rings. The minimum atomic E-state index is -4.52. The molecular formula is C22H24F3N5O3S. The highest BCUT2D eigenvalue weighted by atomic mass is 32.2. The van der Waals surface area contributed by atoms with Crippen LogP contribution in [0.2, 0.25) is 0 Å². The second-order valence-corrected chi connectivity index (χ2v) is 10.7. The van der Waals surface area contributed by atoms with E-state index in [1.54, 1.807) is 0 Å². The van der Waals surface area contributed by atoms with Crippen LogP contribution in [-0.4, -0.2) is 46.3 Å². The summed E-state index contributed by atoms with van der Waals surface area (Å²) in [6.45, 7) is 4.79. The van der Waals surface area contributed by atoms with Crippen LogP contribution in [0, 0.1) is 11.8 Å². The van der Waals surface area contributed by atoms with Gasteiger partial charge in [-0.15, -0.1) is 10.2 Å². The summed E-state index contributed by atoms with van der Waals surface area (Å²) in [6, 6.07) is 7.69. The third-order valence-corrected chi connectivity index (χ3v) is 7.64. The maximum atomic E-state index is 13.0. The number of carbonyl (C=O) groups excluding carboxylic acids is 1. The lowest BCUT2D eigenvalue weighted by Gasteiger charge is -2.34. The summed E-state index contributed by atoms with van der Waals surface area (Å²) >= 11 is 0. The third-order valence-electron chi connectivity index (χ3n) is 5.80. The van der Waals surface area contributed by atoms with Crippen molar-refractivity contribution < 1.29 is 26.4 Å². The number of pyridine rings is 1. The van der Waals surface area contributed by atoms with Gasteiger partial charge in [-0.3, -0.25) is 9.20 Å². The molecular weight excluding hydrogens is 471 g/mol. The van der Waals surface area contributed by atoms with Gasteiger partial charge in [0.1, 0.15) is 0 Å². The average molecular weight is 496 g/mol. The second kappa shape index (κ2) is 8.99. The smallest absolute Gasteiger partial charge is 0.345 e. The van der Waals surface area contributed by atoms with Crippen LogP contribution in [0.25, 0.3) is 5.65 Å². The Bertz CT molecular complexity index is 1300. The summed E-state index contributed by atoms with van der Waals surface area (Å²) in [5.74, 6) is 0.142. The summed E-state index contributed by atoms with van der Waals surface area (Å²) in [5.41, 5.74) is -0.432. The van der Waals surface area contributed by atoms with Crippen LogP contribution < -0.4 is 5.32 Å². The van der Waals surface area contributed by atoms with Crippen LogP contribution in [0.5, 0.6) is 0 Å². The van der Waals surface area contributed by atoms with Gasteiger partial charge in [0.2, 0.25) is 10.0 Å². The Kier molecular flexibility index (Phi) is 6.38. The number of carbonyl (C=O) groups is 1. The fourth-order valence-electron chi connectivity index (χ4n) is 4.22. The van der Waals surface area contributed by atoms with E-state index in [1.165, 1.54) is 39.0 Å². The number of piperidine rings is 1. The molecule has 12 heteroatoms. The van der Waals surface area contributed by atoms with Crippen molar-refractivity contribution in [3.05, 3.63) is 59.5 Å². The Labute approximate surface area is 194 Å². The zero-order valence-electron chi connectivity index (χ0n) is 18.6. The maximum absolute atomic E-state index is 13.0. The molecule has 1 fully saturated rings. The van der Waals surface area contributed by atoms with Crippen LogP contribution in [0.3, 0.4) is 0 Å². The molecule has 4 rings (SSSR count). The van der Waals surface area contributed by atoms with E-state index in [9.17, 15) is 26.4 Å². The van der Waals surface area contributed by atoms with E-state index in [0.29, 0.717) is 13.1 Å². The molecule has 0 bridgehead atoms. The Hall–Kier alpha value is -2.99. The molecule has 34 heavy (non-hydrogen) atoms. The predicted octanol–water partition coefficient (Wildman–Crippen LogP) is 3.34. The zero-order chi connectivity index (χ0) is 24.7. The topological polar surface area (TPSA) is 96.7 Å². The van der Waals surface area contributed by atoms with Crippen molar-refractivity contribution in [2.75, 3.05) is 13.1 Å². The van der Waals surface area contributed by atoms with E-state index < -0.39 is 27.7 Å². The summed E-state index contributed by atoms with van der Waals surface area (Å²) in [6.07, 6.45) is -2.67. The molecule has 1 aliphatic heterocycles. The van der Waals surface area contributed by atoms with Crippen molar-refractivity contribution in [1.82, 2.24) is 24.2 Å². The fourth-order valence-corrected chi connectivity index (χ4v) is 5.90. The molecule has 8 nitrogen and oxygen atoms in total. The highest BCUT2D eigenvalue weighted by molar-refractivity contribution is 7.89. The second-order valence-electron chi connectivity index (χ2n) is 8.74. The molecule has 0 spiro atoms. The normalized spacial score (nSPS) is 19.9. The van der Waals surface area contributed by atoms with Crippen LogP contribution in [-0.2, 0) is 22.7 Å². The van der Waals surface area contributed by atoms with E-state index in [2.05, 4.69) is 15.5 Å². The number of benzene rings is 1. The Morgan fingerprint density at radius 3 is 2.32 bits per heavy atom. The average Bonchev–Trinajstić information content (AvgIpc) is 3.18. The number of nitrogens with zero attached hydrogens (tertiary/aromatic N) is 4. The first kappa shape index (κ1) is 24.1. The molecule has 0 saturated carbocycles. The van der Waals surface area contributed by atoms with Gasteiger partial charge in [-0.25, -0.2) is 8.42 Å². The van der Waals surface area contributed by atoms with E-state index >= 15 is 0 Å². The van der Waals surface area contributed by atoms with Crippen molar-refractivity contribution in [2.45, 2.75) is 37.9 Å². The number of alkyl halides is 3. The molecule has 1 saturated heterocycles. The molecule has 3 aromatic rings. The van der Waals surface area contributed by atoms with Gasteiger partial charge in [-0.05, 0) is 54.7 Å². The third kappa shape index (κ3) is 4.92. The SMILES string of the molecule is C[C@@H]1C[C@@H](C)CN(S(=O)(=O)c2ccc(C(=O)NCc3nnc4ccc(C(F)(F)F)cn34)cc2)C1. The van der Waals surface area contributed by atoms with E-state index in [0.717, 1.165) is 18.7 Å². The van der Waals surface area contributed by atoms with Crippen molar-refractivity contribution in [2.24, 2.45) is 11.8 Å². The van der Waals surface area contributed by atoms with Crippen LogP contribution in [0.4, 0.5) is 13.2 Å². The number of nitrogens with one attached hydrogen (secondary N) is 1. The Balaban J connectivity index is 1.46. The zero-order valence-corrected chi connectivity index (χ0v) is 19.4. The first-order valence-electron chi connectivity index (χ1n) is 10.7. The molecule has 0 radical (unpaired) electrons. The summed E-state index contributed by atoms with van der Waals surface area (Å²) in [5, 5.41) is 10.2. The quantitative estimate of drug-likeness (QED) is 0.586. The molecule has 1 N–H and O–H groups in total. The van der Waals surface area contributed by atoms with Crippen LogP contribution in [0.15, 0.2) is 47.5 Å². The molecule has 1 aromatic carbocycles. The molecule has 0 aliphatic carbocycles. The van der Waals surface area contributed by atoms with Gasteiger partial charge < -0.3 is 5.32 Å². The first-order chi connectivity index (χ1) is 15.9. The minimum absolute atomic E-state index is 0.105. The predicted molar refractivity (Wildman–Crippen MR) is 117 cm³/mol. The van der Waals surface area contributed by atoms with Crippen LogP contribution >= 0.6 is 0 Å². The monoisotopic (exact) mass is 495 g/mol. The van der Waals surface area contributed by atoms with Crippen molar-refractivity contribution in [3.63, 3.8) is 0 Å². The van der Waals surface area contributed by atoms with Gasteiger partial charge >= 0.3 is 6.18 Å². The van der Waals surface area contributed by atoms with Crippen molar-refractivity contribution in [1.29, 1.82) is 0 Å². The van der Waals surface area contributed by atoms with Gasteiger partial charge in [0.15, 0.2) is 11.5 Å². The molecule has 0 unspecified atom stereocenters. The lowest BCUT2D eigenvalue weighted by Crippen LogP contribution is -2.42. The summed E-state index contributed by atoms with van der Waals surface area (Å²) < 4.78 is 67.6. The molecule has 1 amide bonds. The maximum Gasteiger partial charge on any atom is 0.417 e. The number of fused-ring (bicyclic) bond motifs is 1. The van der Waals surface area contributed by atoms with Gasteiger partial charge in [0.05, 0.1) is 17.0 Å². The molecule has 3 heterocycles. The summed E-state index contributed by atoms with van der Waals surface area (Å²) in [4.78, 5) is 12.6. The number of amides is 1.